The first-order valence-electron chi connectivity index (χ1n) is 9.89. The SMILES string of the molecule is NCC(=O)C[C@@H](CSC(c1ccccc1)(c1ccccc1)c1ccccc1)C(N)=O. The van der Waals surface area contributed by atoms with Crippen molar-refractivity contribution >= 4 is 23.5 Å². The fraction of sp³-hybridized carbons (Fsp3) is 0.200. The van der Waals surface area contributed by atoms with Gasteiger partial charge < -0.3 is 11.5 Å². The number of hydrogen-bond donors (Lipinski definition) is 2. The molecule has 4 nitrogen and oxygen atoms in total. The molecule has 0 unspecified atom stereocenters. The molecule has 30 heavy (non-hydrogen) atoms. The van der Waals surface area contributed by atoms with Crippen molar-refractivity contribution in [2.75, 3.05) is 12.3 Å². The molecule has 3 aromatic rings. The Kier molecular flexibility index (Phi) is 7.44. The van der Waals surface area contributed by atoms with Crippen LogP contribution in [0.5, 0.6) is 0 Å². The van der Waals surface area contributed by atoms with Gasteiger partial charge in [-0.15, -0.1) is 11.8 Å². The van der Waals surface area contributed by atoms with Gasteiger partial charge in [-0.05, 0) is 16.7 Å². The maximum Gasteiger partial charge on any atom is 0.221 e. The van der Waals surface area contributed by atoms with Crippen molar-refractivity contribution < 1.29 is 9.59 Å². The third-order valence-corrected chi connectivity index (χ3v) is 6.86. The van der Waals surface area contributed by atoms with Gasteiger partial charge in [0, 0.05) is 12.2 Å². The Morgan fingerprint density at radius 3 is 1.50 bits per heavy atom. The Labute approximate surface area is 181 Å². The third kappa shape index (κ3) is 4.81. The van der Waals surface area contributed by atoms with Gasteiger partial charge in [-0.3, -0.25) is 9.59 Å². The van der Waals surface area contributed by atoms with E-state index in [0.717, 1.165) is 16.7 Å². The van der Waals surface area contributed by atoms with Crippen molar-refractivity contribution in [2.45, 2.75) is 11.2 Å². The number of hydrogen-bond acceptors (Lipinski definition) is 4. The zero-order valence-electron chi connectivity index (χ0n) is 16.7. The van der Waals surface area contributed by atoms with Crippen LogP contribution in [0.15, 0.2) is 91.0 Å². The van der Waals surface area contributed by atoms with Crippen LogP contribution in [0.2, 0.25) is 0 Å². The molecule has 0 heterocycles. The van der Waals surface area contributed by atoms with E-state index in [4.69, 9.17) is 11.5 Å². The molecule has 154 valence electrons. The lowest BCUT2D eigenvalue weighted by Gasteiger charge is -2.36. The van der Waals surface area contributed by atoms with Crippen molar-refractivity contribution in [2.24, 2.45) is 17.4 Å². The molecule has 1 amide bonds. The highest BCUT2D eigenvalue weighted by Gasteiger charge is 2.38. The summed E-state index contributed by atoms with van der Waals surface area (Å²) in [5.41, 5.74) is 14.4. The average molecular weight is 419 g/mol. The zero-order chi connectivity index (χ0) is 21.4. The Hall–Kier alpha value is -2.89. The monoisotopic (exact) mass is 418 g/mol. The summed E-state index contributed by atoms with van der Waals surface area (Å²) in [6.45, 7) is -0.0877. The van der Waals surface area contributed by atoms with Crippen LogP contribution in [0.4, 0.5) is 0 Å². The largest absolute Gasteiger partial charge is 0.369 e. The number of carbonyl (C=O) groups excluding carboxylic acids is 2. The highest BCUT2D eigenvalue weighted by atomic mass is 32.2. The molecule has 0 fully saturated rings. The van der Waals surface area contributed by atoms with Gasteiger partial charge in [-0.25, -0.2) is 0 Å². The lowest BCUT2D eigenvalue weighted by atomic mass is 9.84. The van der Waals surface area contributed by atoms with Crippen LogP contribution in [0, 0.1) is 5.92 Å². The van der Waals surface area contributed by atoms with E-state index in [1.54, 1.807) is 11.8 Å². The Balaban J connectivity index is 2.11. The summed E-state index contributed by atoms with van der Waals surface area (Å²) >= 11 is 1.62. The minimum absolute atomic E-state index is 0.0628. The predicted octanol–water partition coefficient (Wildman–Crippen LogP) is 3.73. The summed E-state index contributed by atoms with van der Waals surface area (Å²) in [6, 6.07) is 30.6. The van der Waals surface area contributed by atoms with Gasteiger partial charge in [-0.2, -0.15) is 0 Å². The van der Waals surface area contributed by atoms with E-state index in [9.17, 15) is 9.59 Å². The van der Waals surface area contributed by atoms with Crippen LogP contribution in [0.3, 0.4) is 0 Å². The quantitative estimate of drug-likeness (QED) is 0.491. The molecule has 3 aromatic carbocycles. The normalized spacial score (nSPS) is 12.3. The summed E-state index contributed by atoms with van der Waals surface area (Å²) in [6.07, 6.45) is 0.0628. The molecular formula is C25H26N2O2S. The van der Waals surface area contributed by atoms with E-state index in [0.29, 0.717) is 5.75 Å². The van der Waals surface area contributed by atoms with Crippen LogP contribution in [0.25, 0.3) is 0 Å². The van der Waals surface area contributed by atoms with Crippen LogP contribution in [-0.4, -0.2) is 24.0 Å². The smallest absolute Gasteiger partial charge is 0.221 e. The van der Waals surface area contributed by atoms with Crippen molar-refractivity contribution in [3.05, 3.63) is 108 Å². The number of rotatable bonds is 10. The molecule has 0 saturated carbocycles. The van der Waals surface area contributed by atoms with E-state index in [2.05, 4.69) is 36.4 Å². The molecule has 0 aliphatic heterocycles. The molecule has 0 aromatic heterocycles. The summed E-state index contributed by atoms with van der Waals surface area (Å²) in [5, 5.41) is 0. The number of thioether (sulfide) groups is 1. The van der Waals surface area contributed by atoms with Gasteiger partial charge in [0.1, 0.15) is 5.78 Å². The minimum atomic E-state index is -0.582. The first-order valence-corrected chi connectivity index (χ1v) is 10.9. The summed E-state index contributed by atoms with van der Waals surface area (Å²) in [5.74, 6) is -0.821. The second kappa shape index (κ2) is 10.2. The van der Waals surface area contributed by atoms with Gasteiger partial charge in [0.25, 0.3) is 0 Å². The molecule has 1 atom stereocenters. The molecule has 4 N–H and O–H groups in total. The molecule has 5 heteroatoms. The predicted molar refractivity (Wildman–Crippen MR) is 123 cm³/mol. The Morgan fingerprint density at radius 1 is 0.767 bits per heavy atom. The second-order valence-corrected chi connectivity index (χ2v) is 8.37. The van der Waals surface area contributed by atoms with Crippen LogP contribution in [0.1, 0.15) is 23.1 Å². The first-order chi connectivity index (χ1) is 14.6. The van der Waals surface area contributed by atoms with E-state index < -0.39 is 16.6 Å². The van der Waals surface area contributed by atoms with Gasteiger partial charge in [0.2, 0.25) is 5.91 Å². The number of carbonyl (C=O) groups is 2. The standard InChI is InChI=1S/C25H26N2O2S/c26-17-23(28)16-19(24(27)29)18-30-25(20-10-4-1-5-11-20,21-12-6-2-7-13-21)22-14-8-3-9-15-22/h1-15,19H,16-18,26H2,(H2,27,29)/t19-/m0/s1. The van der Waals surface area contributed by atoms with Crippen LogP contribution < -0.4 is 11.5 Å². The van der Waals surface area contributed by atoms with Crippen LogP contribution >= 0.6 is 11.8 Å². The topological polar surface area (TPSA) is 86.2 Å². The minimum Gasteiger partial charge on any atom is -0.369 e. The number of primary amides is 1. The fourth-order valence-corrected chi connectivity index (χ4v) is 5.24. The first kappa shape index (κ1) is 21.8. The molecular weight excluding hydrogens is 392 g/mol. The maximum atomic E-state index is 12.1. The van der Waals surface area contributed by atoms with E-state index in [1.165, 1.54) is 0 Å². The van der Waals surface area contributed by atoms with Gasteiger partial charge in [0.15, 0.2) is 0 Å². The number of nitrogens with two attached hydrogens (primary N) is 2. The van der Waals surface area contributed by atoms with Crippen molar-refractivity contribution in [3.63, 3.8) is 0 Å². The van der Waals surface area contributed by atoms with Crippen LogP contribution in [-0.2, 0) is 14.3 Å². The molecule has 0 saturated heterocycles. The fourth-order valence-electron chi connectivity index (χ4n) is 3.59. The van der Waals surface area contributed by atoms with Gasteiger partial charge in [-0.1, -0.05) is 91.0 Å². The van der Waals surface area contributed by atoms with Gasteiger partial charge >= 0.3 is 0 Å². The molecule has 0 aliphatic rings. The average Bonchev–Trinajstić information content (AvgIpc) is 2.80. The van der Waals surface area contributed by atoms with Gasteiger partial charge in [0.05, 0.1) is 17.2 Å². The van der Waals surface area contributed by atoms with E-state index in [-0.39, 0.29) is 18.7 Å². The number of Topliss-reactive ketones (excluding diaryl/α,β-unsaturated/α-hetero) is 1. The van der Waals surface area contributed by atoms with Crippen molar-refractivity contribution in [1.82, 2.24) is 0 Å². The van der Waals surface area contributed by atoms with E-state index in [1.807, 2.05) is 54.6 Å². The lowest BCUT2D eigenvalue weighted by Crippen LogP contribution is -2.33. The summed E-state index contributed by atoms with van der Waals surface area (Å²) < 4.78 is -0.552. The van der Waals surface area contributed by atoms with Crippen molar-refractivity contribution in [1.29, 1.82) is 0 Å². The molecule has 0 bridgehead atoms. The highest BCUT2D eigenvalue weighted by Crippen LogP contribution is 2.49. The molecule has 0 radical (unpaired) electrons. The zero-order valence-corrected chi connectivity index (χ0v) is 17.6. The van der Waals surface area contributed by atoms with Crippen molar-refractivity contribution in [3.8, 4) is 0 Å². The molecule has 0 aliphatic carbocycles. The summed E-state index contributed by atoms with van der Waals surface area (Å²) in [4.78, 5) is 24.0. The number of ketones is 1. The molecule has 0 spiro atoms. The van der Waals surface area contributed by atoms with E-state index >= 15 is 0 Å². The lowest BCUT2D eigenvalue weighted by molar-refractivity contribution is -0.126. The Morgan fingerprint density at radius 2 is 1.17 bits per heavy atom. The maximum absolute atomic E-state index is 12.1. The molecule has 3 rings (SSSR count). The Bertz CT molecular complexity index is 866. The third-order valence-electron chi connectivity index (χ3n) is 5.15. The summed E-state index contributed by atoms with van der Waals surface area (Å²) in [7, 11) is 0. The highest BCUT2D eigenvalue weighted by molar-refractivity contribution is 8.00. The number of amides is 1. The second-order valence-electron chi connectivity index (χ2n) is 7.14. The number of benzene rings is 3.